The van der Waals surface area contributed by atoms with E-state index in [2.05, 4.69) is 5.10 Å². The maximum atomic E-state index is 12.5. The molecule has 0 radical (unpaired) electrons. The van der Waals surface area contributed by atoms with Gasteiger partial charge in [-0.05, 0) is 37.6 Å². The van der Waals surface area contributed by atoms with E-state index in [0.29, 0.717) is 23.0 Å². The third-order valence-corrected chi connectivity index (χ3v) is 3.61. The molecule has 0 aliphatic heterocycles. The number of aryl methyl sites for hydroxylation is 2. The van der Waals surface area contributed by atoms with E-state index >= 15 is 0 Å². The van der Waals surface area contributed by atoms with Crippen LogP contribution in [0, 0.1) is 0 Å². The molecule has 4 nitrogen and oxygen atoms in total. The highest BCUT2D eigenvalue weighted by Gasteiger charge is 2.16. The number of methoxy groups -OCH3 is 1. The van der Waals surface area contributed by atoms with Gasteiger partial charge in [-0.1, -0.05) is 18.5 Å². The topological polar surface area (TPSA) is 44.1 Å². The minimum atomic E-state index is 0.0182. The molecule has 2 rings (SSSR count). The molecule has 112 valence electrons. The lowest BCUT2D eigenvalue weighted by molar-refractivity contribution is 0.0982. The molecule has 0 N–H and O–H groups in total. The second-order valence-corrected chi connectivity index (χ2v) is 5.18. The van der Waals surface area contributed by atoms with E-state index in [-0.39, 0.29) is 12.2 Å². The minimum absolute atomic E-state index is 0.0182. The fourth-order valence-corrected chi connectivity index (χ4v) is 2.45. The summed E-state index contributed by atoms with van der Waals surface area (Å²) in [4.78, 5) is 12.5. The summed E-state index contributed by atoms with van der Waals surface area (Å²) in [6.07, 6.45) is 1.06. The van der Waals surface area contributed by atoms with Crippen LogP contribution in [0.2, 0.25) is 5.02 Å². The van der Waals surface area contributed by atoms with Gasteiger partial charge in [0.05, 0.1) is 12.8 Å². The molecule has 0 fully saturated rings. The number of hydrogen-bond donors (Lipinski definition) is 0. The number of halogens is 1. The van der Waals surface area contributed by atoms with Crippen LogP contribution in [0.5, 0.6) is 5.75 Å². The average molecular weight is 307 g/mol. The zero-order chi connectivity index (χ0) is 15.4. The molecule has 21 heavy (non-hydrogen) atoms. The summed E-state index contributed by atoms with van der Waals surface area (Å²) in [5.74, 6) is 0.690. The molecule has 0 amide bonds. The summed E-state index contributed by atoms with van der Waals surface area (Å²) in [5, 5.41) is 5.00. The highest BCUT2D eigenvalue weighted by molar-refractivity contribution is 6.30. The lowest BCUT2D eigenvalue weighted by Crippen LogP contribution is -2.12. The van der Waals surface area contributed by atoms with Crippen LogP contribution in [0.25, 0.3) is 0 Å². The molecule has 5 heteroatoms. The highest BCUT2D eigenvalue weighted by Crippen LogP contribution is 2.24. The first-order valence-electron chi connectivity index (χ1n) is 7.01. The van der Waals surface area contributed by atoms with Crippen molar-refractivity contribution in [3.05, 3.63) is 46.2 Å². The Morgan fingerprint density at radius 2 is 2.10 bits per heavy atom. The molecule has 0 saturated heterocycles. The Morgan fingerprint density at radius 1 is 1.33 bits per heavy atom. The molecule has 0 atom stereocenters. The lowest BCUT2D eigenvalue weighted by atomic mass is 10.1. The summed E-state index contributed by atoms with van der Waals surface area (Å²) in [5.41, 5.74) is 2.35. The largest absolute Gasteiger partial charge is 0.496 e. The van der Waals surface area contributed by atoms with Crippen LogP contribution in [0.4, 0.5) is 0 Å². The monoisotopic (exact) mass is 306 g/mol. The molecule has 2 aromatic rings. The fourth-order valence-electron chi connectivity index (χ4n) is 2.26. The van der Waals surface area contributed by atoms with Crippen LogP contribution < -0.4 is 4.74 Å². The van der Waals surface area contributed by atoms with Crippen LogP contribution in [-0.4, -0.2) is 22.7 Å². The zero-order valence-electron chi connectivity index (χ0n) is 12.5. The van der Waals surface area contributed by atoms with Crippen molar-refractivity contribution < 1.29 is 9.53 Å². The third-order valence-electron chi connectivity index (χ3n) is 3.37. The van der Waals surface area contributed by atoms with Crippen molar-refractivity contribution in [1.82, 2.24) is 9.78 Å². The molecule has 1 heterocycles. The van der Waals surface area contributed by atoms with Crippen LogP contribution in [-0.2, 0) is 19.4 Å². The Bertz CT molecular complexity index is 650. The third kappa shape index (κ3) is 3.45. The van der Waals surface area contributed by atoms with E-state index in [1.165, 1.54) is 0 Å². The van der Waals surface area contributed by atoms with Gasteiger partial charge in [-0.3, -0.25) is 9.48 Å². The van der Waals surface area contributed by atoms with Gasteiger partial charge < -0.3 is 4.74 Å². The van der Waals surface area contributed by atoms with Gasteiger partial charge in [-0.2, -0.15) is 5.10 Å². The molecule has 1 aromatic heterocycles. The Labute approximate surface area is 129 Å². The number of rotatable bonds is 6. The highest BCUT2D eigenvalue weighted by atomic mass is 35.5. The van der Waals surface area contributed by atoms with Crippen molar-refractivity contribution >= 4 is 17.4 Å². The van der Waals surface area contributed by atoms with Crippen LogP contribution in [0.1, 0.15) is 35.6 Å². The minimum Gasteiger partial charge on any atom is -0.496 e. The van der Waals surface area contributed by atoms with Gasteiger partial charge in [0.15, 0.2) is 5.78 Å². The average Bonchev–Trinajstić information content (AvgIpc) is 2.91. The second kappa shape index (κ2) is 6.76. The van der Waals surface area contributed by atoms with Gasteiger partial charge in [0.2, 0.25) is 0 Å². The lowest BCUT2D eigenvalue weighted by Gasteiger charge is -2.09. The number of carbonyl (C=O) groups excluding carboxylic acids is 1. The predicted octanol–water partition coefficient (Wildman–Crippen LogP) is 3.55. The van der Waals surface area contributed by atoms with Crippen LogP contribution in [0.15, 0.2) is 24.3 Å². The van der Waals surface area contributed by atoms with E-state index in [9.17, 15) is 4.79 Å². The molecule has 0 bridgehead atoms. The Hall–Kier alpha value is -1.81. The fraction of sp³-hybridized carbons (Fsp3) is 0.375. The first-order valence-corrected chi connectivity index (χ1v) is 7.39. The SMILES string of the molecule is CCc1cc(C(=O)Cc2cc(Cl)ccc2OC)n(CC)n1. The molecule has 0 unspecified atom stereocenters. The molecular formula is C16H19ClN2O2. The number of nitrogens with zero attached hydrogens (tertiary/aromatic N) is 2. The molecule has 0 spiro atoms. The van der Waals surface area contributed by atoms with Crippen molar-refractivity contribution in [3.63, 3.8) is 0 Å². The number of ether oxygens (including phenoxy) is 1. The van der Waals surface area contributed by atoms with Gasteiger partial charge in [0.1, 0.15) is 11.4 Å². The number of Topliss-reactive ketones (excluding diaryl/α,β-unsaturated/α-hetero) is 1. The van der Waals surface area contributed by atoms with E-state index in [0.717, 1.165) is 17.7 Å². The first kappa shape index (κ1) is 15.6. The summed E-state index contributed by atoms with van der Waals surface area (Å²) >= 11 is 6.00. The molecule has 0 aliphatic carbocycles. The van der Waals surface area contributed by atoms with Crippen LogP contribution >= 0.6 is 11.6 Å². The van der Waals surface area contributed by atoms with E-state index in [1.54, 1.807) is 30.0 Å². The summed E-state index contributed by atoms with van der Waals surface area (Å²) in [6, 6.07) is 7.16. The number of hydrogen-bond acceptors (Lipinski definition) is 3. The molecule has 0 aliphatic rings. The van der Waals surface area contributed by atoms with Crippen molar-refractivity contribution in [3.8, 4) is 5.75 Å². The molecule has 1 aromatic carbocycles. The Morgan fingerprint density at radius 3 is 2.71 bits per heavy atom. The van der Waals surface area contributed by atoms with Gasteiger partial charge in [-0.25, -0.2) is 0 Å². The molecular weight excluding hydrogens is 288 g/mol. The number of ketones is 1. The zero-order valence-corrected chi connectivity index (χ0v) is 13.3. The summed E-state index contributed by atoms with van der Waals surface area (Å²) < 4.78 is 7.03. The summed E-state index contributed by atoms with van der Waals surface area (Å²) in [7, 11) is 1.59. The van der Waals surface area contributed by atoms with Gasteiger partial charge in [-0.15, -0.1) is 0 Å². The van der Waals surface area contributed by atoms with Crippen molar-refractivity contribution in [2.45, 2.75) is 33.2 Å². The van der Waals surface area contributed by atoms with E-state index < -0.39 is 0 Å². The van der Waals surface area contributed by atoms with Gasteiger partial charge in [0, 0.05) is 23.6 Å². The Balaban J connectivity index is 2.29. The van der Waals surface area contributed by atoms with Crippen molar-refractivity contribution in [2.75, 3.05) is 7.11 Å². The second-order valence-electron chi connectivity index (χ2n) is 4.75. The van der Waals surface area contributed by atoms with E-state index in [4.69, 9.17) is 16.3 Å². The van der Waals surface area contributed by atoms with E-state index in [1.807, 2.05) is 19.9 Å². The maximum Gasteiger partial charge on any atom is 0.185 e. The van der Waals surface area contributed by atoms with Crippen molar-refractivity contribution in [1.29, 1.82) is 0 Å². The summed E-state index contributed by atoms with van der Waals surface area (Å²) in [6.45, 7) is 4.67. The van der Waals surface area contributed by atoms with Crippen molar-refractivity contribution in [2.24, 2.45) is 0 Å². The van der Waals surface area contributed by atoms with Gasteiger partial charge >= 0.3 is 0 Å². The molecule has 0 saturated carbocycles. The quantitative estimate of drug-likeness (QED) is 0.767. The standard InChI is InChI=1S/C16H19ClN2O2/c1-4-13-10-14(19(5-2)18-13)15(20)9-11-8-12(17)6-7-16(11)21-3/h6-8,10H,4-5,9H2,1-3H3. The normalized spacial score (nSPS) is 10.7. The maximum absolute atomic E-state index is 12.5. The number of carbonyl (C=O) groups is 1. The predicted molar refractivity (Wildman–Crippen MR) is 83.3 cm³/mol. The van der Waals surface area contributed by atoms with Crippen LogP contribution in [0.3, 0.4) is 0 Å². The smallest absolute Gasteiger partial charge is 0.185 e. The number of benzene rings is 1. The van der Waals surface area contributed by atoms with Gasteiger partial charge in [0.25, 0.3) is 0 Å². The Kier molecular flexibility index (Phi) is 5.02. The first-order chi connectivity index (χ1) is 10.1. The number of aromatic nitrogens is 2.